The summed E-state index contributed by atoms with van der Waals surface area (Å²) in [6, 6.07) is 19.2. The minimum Gasteiger partial charge on any atom is -0.479 e. The molecule has 1 aliphatic heterocycles. The van der Waals surface area contributed by atoms with Crippen molar-refractivity contribution in [3.63, 3.8) is 0 Å². The van der Waals surface area contributed by atoms with Gasteiger partial charge in [-0.1, -0.05) is 65.7 Å². The largest absolute Gasteiger partial charge is 0.479 e. The Bertz CT molecular complexity index is 1730. The van der Waals surface area contributed by atoms with Crippen molar-refractivity contribution >= 4 is 47.5 Å². The van der Waals surface area contributed by atoms with Crippen molar-refractivity contribution in [2.24, 2.45) is 4.99 Å². The molecule has 0 radical (unpaired) electrons. The minimum absolute atomic E-state index is 0.825. The lowest BCUT2D eigenvalue weighted by Crippen LogP contribution is -2.39. The van der Waals surface area contributed by atoms with Crippen molar-refractivity contribution in [2.75, 3.05) is 0 Å². The van der Waals surface area contributed by atoms with Gasteiger partial charge in [0.2, 0.25) is 0 Å². The molecule has 2 aliphatic carbocycles. The molecule has 6 rings (SSSR count). The highest BCUT2D eigenvalue weighted by molar-refractivity contribution is 6.30. The molecule has 0 fully saturated rings. The monoisotopic (exact) mass is 573 g/mol. The van der Waals surface area contributed by atoms with Gasteiger partial charge in [0.25, 0.3) is 0 Å². The summed E-state index contributed by atoms with van der Waals surface area (Å²) in [6.07, 6.45) is 9.37. The molecule has 212 valence electrons. The van der Waals surface area contributed by atoms with Crippen LogP contribution in [-0.2, 0) is 28.9 Å². The fourth-order valence-corrected chi connectivity index (χ4v) is 5.36. The molecule has 0 bridgehead atoms. The average Bonchev–Trinajstić information content (AvgIpc) is 3.22. The maximum absolute atomic E-state index is 9.77. The number of aliphatic hydroxyl groups excluding tert-OH is 2. The molecular formula is C33H32ClNO6. The van der Waals surface area contributed by atoms with E-state index in [-0.39, 0.29) is 0 Å². The van der Waals surface area contributed by atoms with Crippen LogP contribution in [0, 0.1) is 10.4 Å². The molecule has 8 heteroatoms. The maximum Gasteiger partial charge on any atom is 0.335 e. The molecular weight excluding hydrogens is 542 g/mol. The molecule has 7 nitrogen and oxygen atoms in total. The summed E-state index contributed by atoms with van der Waals surface area (Å²) in [4.78, 5) is 23.6. The van der Waals surface area contributed by atoms with Gasteiger partial charge in [-0.15, -0.1) is 0 Å². The summed E-state index contributed by atoms with van der Waals surface area (Å²) in [7, 11) is 0. The van der Waals surface area contributed by atoms with E-state index in [1.165, 1.54) is 56.8 Å². The molecule has 4 N–H and O–H groups in total. The van der Waals surface area contributed by atoms with E-state index in [1.54, 1.807) is 11.1 Å². The fraction of sp³-hybridized carbons (Fsp3) is 0.242. The van der Waals surface area contributed by atoms with E-state index in [9.17, 15) is 9.59 Å². The quantitative estimate of drug-likeness (QED) is 0.379. The number of carbonyl (C=O) groups is 2. The number of carboxylic acid groups (broad SMARTS) is 2. The zero-order chi connectivity index (χ0) is 29.5. The third-order valence-corrected chi connectivity index (χ3v) is 7.55. The third-order valence-electron chi connectivity index (χ3n) is 7.32. The van der Waals surface area contributed by atoms with Crippen LogP contribution in [0.5, 0.6) is 0 Å². The second-order valence-corrected chi connectivity index (χ2v) is 10.4. The summed E-state index contributed by atoms with van der Waals surface area (Å²) >= 11 is 6.11. The minimum atomic E-state index is -2.27. The van der Waals surface area contributed by atoms with Crippen LogP contribution in [0.2, 0.25) is 5.02 Å². The highest BCUT2D eigenvalue weighted by Gasteiger charge is 2.29. The first kappa shape index (κ1) is 29.9. The van der Waals surface area contributed by atoms with E-state index in [0.29, 0.717) is 0 Å². The molecule has 0 saturated heterocycles. The number of fused-ring (bicyclic) bond motifs is 5. The Hall–Kier alpha value is -4.04. The standard InChI is InChI=1S/C19H17Cl.C10H9N.C4H6O6/c1-12-3-2-4-17-15(12)9-10-18-16-8-6-14(20)11-13(16)5-7-19(17)18;1-2-4-10-6-8-11-7-5-9(10)3-1;5-1(3(7)8)2(6)4(9)10/h5-6,8-11H,2-4,7H2,1H3;1-5,7-8H,6H2;1-2,5-6H,(H,7,8)(H,9,10). The Morgan fingerprint density at radius 3 is 2.27 bits per heavy atom. The average molecular weight is 574 g/mol. The van der Waals surface area contributed by atoms with Gasteiger partial charge in [0.15, 0.2) is 12.2 Å². The molecule has 0 saturated carbocycles. The lowest BCUT2D eigenvalue weighted by atomic mass is 9.86. The fourth-order valence-electron chi connectivity index (χ4n) is 5.18. The molecule has 2 unspecified atom stereocenters. The van der Waals surface area contributed by atoms with Crippen molar-refractivity contribution in [1.29, 1.82) is 0 Å². The van der Waals surface area contributed by atoms with E-state index in [1.807, 2.05) is 24.6 Å². The van der Waals surface area contributed by atoms with Crippen LogP contribution in [0.1, 0.15) is 42.0 Å². The zero-order valence-electron chi connectivity index (χ0n) is 22.6. The Morgan fingerprint density at radius 1 is 0.854 bits per heavy atom. The molecule has 3 aromatic rings. The van der Waals surface area contributed by atoms with Gasteiger partial charge in [0, 0.05) is 23.9 Å². The van der Waals surface area contributed by atoms with Crippen molar-refractivity contribution < 1.29 is 30.0 Å². The Morgan fingerprint density at radius 2 is 1.54 bits per heavy atom. The van der Waals surface area contributed by atoms with Gasteiger partial charge in [-0.3, -0.25) is 4.99 Å². The maximum atomic E-state index is 9.77. The van der Waals surface area contributed by atoms with Crippen molar-refractivity contribution in [1.82, 2.24) is 0 Å². The van der Waals surface area contributed by atoms with E-state index in [4.69, 9.17) is 32.0 Å². The molecule has 1 heterocycles. The number of hydrogen-bond donors (Lipinski definition) is 4. The summed E-state index contributed by atoms with van der Waals surface area (Å²) in [6.45, 7) is 2.28. The van der Waals surface area contributed by atoms with Crippen molar-refractivity contribution in [2.45, 2.75) is 51.2 Å². The molecule has 3 aromatic carbocycles. The van der Waals surface area contributed by atoms with Crippen LogP contribution < -0.4 is 10.4 Å². The van der Waals surface area contributed by atoms with Gasteiger partial charge in [-0.25, -0.2) is 9.59 Å². The number of carboxylic acids is 2. The highest BCUT2D eigenvalue weighted by atomic mass is 35.5. The number of aliphatic imine (C=N–C) groups is 1. The summed E-state index contributed by atoms with van der Waals surface area (Å²) in [5.41, 5.74) is 7.31. The lowest BCUT2D eigenvalue weighted by Gasteiger charge is -2.18. The number of aliphatic hydroxyl groups is 2. The van der Waals surface area contributed by atoms with E-state index in [2.05, 4.69) is 66.5 Å². The van der Waals surface area contributed by atoms with Crippen LogP contribution in [0.15, 0.2) is 65.8 Å². The first-order chi connectivity index (χ1) is 19.7. The number of nitrogens with zero attached hydrogens (tertiary/aromatic N) is 1. The number of rotatable bonds is 3. The molecule has 0 amide bonds. The summed E-state index contributed by atoms with van der Waals surface area (Å²) < 4.78 is 0. The number of hydrogen-bond acceptors (Lipinski definition) is 5. The van der Waals surface area contributed by atoms with Gasteiger partial charge in [0.05, 0.1) is 0 Å². The number of halogens is 1. The molecule has 2 atom stereocenters. The number of aliphatic carboxylic acids is 2. The van der Waals surface area contributed by atoms with Crippen molar-refractivity contribution in [3.05, 3.63) is 109 Å². The molecule has 0 spiro atoms. The van der Waals surface area contributed by atoms with Crippen LogP contribution in [0.4, 0.5) is 0 Å². The summed E-state index contributed by atoms with van der Waals surface area (Å²) in [5, 5.41) is 38.9. The molecule has 3 aliphatic rings. The Balaban J connectivity index is 0.000000157. The van der Waals surface area contributed by atoms with Crippen LogP contribution in [0.3, 0.4) is 0 Å². The van der Waals surface area contributed by atoms with E-state index >= 15 is 0 Å². The zero-order valence-corrected chi connectivity index (χ0v) is 23.4. The lowest BCUT2D eigenvalue weighted by molar-refractivity contribution is -0.165. The molecule has 41 heavy (non-hydrogen) atoms. The van der Waals surface area contributed by atoms with E-state index in [0.717, 1.165) is 17.9 Å². The van der Waals surface area contributed by atoms with Gasteiger partial charge >= 0.3 is 11.9 Å². The first-order valence-electron chi connectivity index (χ1n) is 13.4. The van der Waals surface area contributed by atoms with Crippen LogP contribution in [0.25, 0.3) is 17.7 Å². The van der Waals surface area contributed by atoms with Crippen LogP contribution >= 0.6 is 11.6 Å². The second kappa shape index (κ2) is 13.5. The number of benzene rings is 3. The highest BCUT2D eigenvalue weighted by Crippen LogP contribution is 2.21. The van der Waals surface area contributed by atoms with Gasteiger partial charge in [-0.2, -0.15) is 0 Å². The Kier molecular flexibility index (Phi) is 9.89. The SMILES string of the molecule is C1=Cc2ccccc2CC=N1.CC1=c2ccc3c(c2CCC1)CC=c1cc(Cl)ccc1=3.O=C(O)C(O)C(O)C(=O)O. The Labute approximate surface area is 242 Å². The third kappa shape index (κ3) is 7.19. The van der Waals surface area contributed by atoms with Crippen LogP contribution in [-0.4, -0.2) is 50.8 Å². The normalized spacial score (nSPS) is 15.5. The second-order valence-electron chi connectivity index (χ2n) is 10.0. The predicted octanol–water partition coefficient (Wildman–Crippen LogP) is 3.63. The van der Waals surface area contributed by atoms with Gasteiger partial charge < -0.3 is 20.4 Å². The topological polar surface area (TPSA) is 127 Å². The van der Waals surface area contributed by atoms with Gasteiger partial charge in [0.1, 0.15) is 0 Å². The predicted molar refractivity (Wildman–Crippen MR) is 160 cm³/mol. The van der Waals surface area contributed by atoms with E-state index < -0.39 is 24.1 Å². The first-order valence-corrected chi connectivity index (χ1v) is 13.7. The smallest absolute Gasteiger partial charge is 0.335 e. The molecule has 0 aromatic heterocycles. The van der Waals surface area contributed by atoms with Crippen molar-refractivity contribution in [3.8, 4) is 0 Å². The summed E-state index contributed by atoms with van der Waals surface area (Å²) in [5.74, 6) is -3.54. The van der Waals surface area contributed by atoms with Gasteiger partial charge in [-0.05, 0) is 93.9 Å².